The molecule has 0 saturated heterocycles. The summed E-state index contributed by atoms with van der Waals surface area (Å²) in [6.45, 7) is 1.09. The predicted octanol–water partition coefficient (Wildman–Crippen LogP) is 3.57. The third-order valence-corrected chi connectivity index (χ3v) is 4.61. The van der Waals surface area contributed by atoms with Crippen LogP contribution in [0.4, 0.5) is 0 Å². The van der Waals surface area contributed by atoms with Crippen LogP contribution in [0.15, 0.2) is 65.1 Å². The lowest BCUT2D eigenvalue weighted by Gasteiger charge is -2.27. The molecule has 7 heteroatoms. The van der Waals surface area contributed by atoms with Gasteiger partial charge in [-0.1, -0.05) is 12.1 Å². The maximum absolute atomic E-state index is 10.3. The number of benzene rings is 2. The van der Waals surface area contributed by atoms with Gasteiger partial charge in [0.15, 0.2) is 0 Å². The molecule has 1 aromatic heterocycles. The van der Waals surface area contributed by atoms with Crippen molar-refractivity contribution in [2.45, 2.75) is 25.0 Å². The second-order valence-electron chi connectivity index (χ2n) is 7.00. The van der Waals surface area contributed by atoms with E-state index in [1.54, 1.807) is 24.3 Å². The van der Waals surface area contributed by atoms with Crippen LogP contribution in [0, 0.1) is 6.92 Å². The number of aliphatic hydroxyl groups excluding tert-OH is 3. The maximum atomic E-state index is 10.3. The van der Waals surface area contributed by atoms with Crippen molar-refractivity contribution in [2.75, 3.05) is 13.2 Å². The van der Waals surface area contributed by atoms with Crippen LogP contribution < -0.4 is 10.5 Å². The van der Waals surface area contributed by atoms with Gasteiger partial charge in [-0.15, -0.1) is 12.4 Å². The maximum Gasteiger partial charge on any atom is 0.134 e. The molecule has 0 spiro atoms. The topological polar surface area (TPSA) is 109 Å². The summed E-state index contributed by atoms with van der Waals surface area (Å²) < 4.78 is 11.4. The van der Waals surface area contributed by atoms with Gasteiger partial charge in [0.25, 0.3) is 0 Å². The molecule has 0 bridgehead atoms. The second kappa shape index (κ2) is 9.91. The van der Waals surface area contributed by atoms with Crippen LogP contribution in [0.25, 0.3) is 11.3 Å². The molecule has 0 radical (unpaired) electrons. The quantitative estimate of drug-likeness (QED) is 0.444. The molecule has 0 saturated carbocycles. The van der Waals surface area contributed by atoms with Crippen molar-refractivity contribution in [1.29, 1.82) is 0 Å². The van der Waals surface area contributed by atoms with E-state index in [4.69, 9.17) is 14.9 Å². The first kappa shape index (κ1) is 22.9. The van der Waals surface area contributed by atoms with Gasteiger partial charge in [0.2, 0.25) is 0 Å². The van der Waals surface area contributed by atoms with Crippen molar-refractivity contribution in [1.82, 2.24) is 0 Å². The summed E-state index contributed by atoms with van der Waals surface area (Å²) in [6.07, 6.45) is -0.845. The van der Waals surface area contributed by atoms with Crippen LogP contribution in [-0.2, 0) is 0 Å². The minimum Gasteiger partial charge on any atom is -0.461 e. The summed E-state index contributed by atoms with van der Waals surface area (Å²) in [5, 5.41) is 28.8. The summed E-state index contributed by atoms with van der Waals surface area (Å²) in [4.78, 5) is 0. The summed E-state index contributed by atoms with van der Waals surface area (Å²) >= 11 is 0. The van der Waals surface area contributed by atoms with E-state index in [-0.39, 0.29) is 18.8 Å². The van der Waals surface area contributed by atoms with Gasteiger partial charge in [0.1, 0.15) is 23.0 Å². The van der Waals surface area contributed by atoms with Crippen molar-refractivity contribution in [3.63, 3.8) is 0 Å². The second-order valence-corrected chi connectivity index (χ2v) is 7.00. The van der Waals surface area contributed by atoms with Crippen LogP contribution in [0.5, 0.6) is 11.5 Å². The summed E-state index contributed by atoms with van der Waals surface area (Å²) in [5.41, 5.74) is 6.21. The fourth-order valence-electron chi connectivity index (χ4n) is 2.85. The molecule has 1 atom stereocenters. The molecule has 0 aliphatic heterocycles. The number of rotatable bonds is 8. The van der Waals surface area contributed by atoms with Crippen molar-refractivity contribution in [3.05, 3.63) is 72.0 Å². The molecule has 156 valence electrons. The third kappa shape index (κ3) is 5.82. The van der Waals surface area contributed by atoms with Gasteiger partial charge in [-0.3, -0.25) is 0 Å². The van der Waals surface area contributed by atoms with Crippen LogP contribution in [-0.4, -0.2) is 34.1 Å². The van der Waals surface area contributed by atoms with Gasteiger partial charge in [0, 0.05) is 5.56 Å². The highest BCUT2D eigenvalue weighted by Crippen LogP contribution is 2.29. The standard InChI is InChI=1S/C22H25NO5.ClH/c1-15-2-11-21(27-15)17-5-9-19(10-6-17)28-18-7-3-16(4-8-18)20(26)12-22(23,13-24)14-25;/h2-11,20,24-26H,12-14,23H2,1H3;1H. The number of halogens is 1. The smallest absolute Gasteiger partial charge is 0.134 e. The van der Waals surface area contributed by atoms with Gasteiger partial charge in [0.05, 0.1) is 24.9 Å². The molecule has 29 heavy (non-hydrogen) atoms. The minimum atomic E-state index is -1.22. The fraction of sp³-hybridized carbons (Fsp3) is 0.273. The van der Waals surface area contributed by atoms with E-state index in [1.165, 1.54) is 0 Å². The summed E-state index contributed by atoms with van der Waals surface area (Å²) in [6, 6.07) is 18.4. The fourth-order valence-corrected chi connectivity index (χ4v) is 2.85. The lowest BCUT2D eigenvalue weighted by atomic mass is 9.92. The number of hydrogen-bond donors (Lipinski definition) is 4. The Morgan fingerprint density at radius 2 is 1.48 bits per heavy atom. The van der Waals surface area contributed by atoms with E-state index in [1.807, 2.05) is 43.3 Å². The van der Waals surface area contributed by atoms with Crippen molar-refractivity contribution in [3.8, 4) is 22.8 Å². The molecule has 0 amide bonds. The highest BCUT2D eigenvalue weighted by molar-refractivity contribution is 5.85. The Morgan fingerprint density at radius 3 is 1.97 bits per heavy atom. The molecular formula is C22H26ClNO5. The number of aliphatic hydroxyl groups is 3. The Kier molecular flexibility index (Phi) is 7.84. The average Bonchev–Trinajstić information content (AvgIpc) is 3.15. The van der Waals surface area contributed by atoms with E-state index in [0.717, 1.165) is 17.1 Å². The first-order valence-corrected chi connectivity index (χ1v) is 9.06. The number of furan rings is 1. The van der Waals surface area contributed by atoms with Crippen LogP contribution in [0.2, 0.25) is 0 Å². The molecule has 3 aromatic rings. The van der Waals surface area contributed by atoms with Crippen molar-refractivity contribution >= 4 is 12.4 Å². The average molecular weight is 420 g/mol. The predicted molar refractivity (Wildman–Crippen MR) is 113 cm³/mol. The van der Waals surface area contributed by atoms with Crippen LogP contribution in [0.3, 0.4) is 0 Å². The highest BCUT2D eigenvalue weighted by Gasteiger charge is 2.27. The Morgan fingerprint density at radius 1 is 0.931 bits per heavy atom. The monoisotopic (exact) mass is 419 g/mol. The Balaban J connectivity index is 0.00000300. The largest absolute Gasteiger partial charge is 0.461 e. The van der Waals surface area contributed by atoms with E-state index in [9.17, 15) is 15.3 Å². The first-order chi connectivity index (χ1) is 13.4. The van der Waals surface area contributed by atoms with E-state index in [2.05, 4.69) is 0 Å². The van der Waals surface area contributed by atoms with Gasteiger partial charge >= 0.3 is 0 Å². The number of hydrogen-bond acceptors (Lipinski definition) is 6. The molecule has 1 unspecified atom stereocenters. The van der Waals surface area contributed by atoms with Gasteiger partial charge in [-0.05, 0) is 67.4 Å². The zero-order valence-corrected chi connectivity index (χ0v) is 16.9. The molecule has 6 nitrogen and oxygen atoms in total. The van der Waals surface area contributed by atoms with E-state index < -0.39 is 24.9 Å². The zero-order valence-electron chi connectivity index (χ0n) is 16.1. The van der Waals surface area contributed by atoms with Gasteiger partial charge in [-0.25, -0.2) is 0 Å². The van der Waals surface area contributed by atoms with E-state index >= 15 is 0 Å². The van der Waals surface area contributed by atoms with Crippen LogP contribution >= 0.6 is 12.4 Å². The molecule has 1 heterocycles. The highest BCUT2D eigenvalue weighted by atomic mass is 35.5. The van der Waals surface area contributed by atoms with E-state index in [0.29, 0.717) is 17.1 Å². The summed E-state index contributed by atoms with van der Waals surface area (Å²) in [5.74, 6) is 2.98. The lowest BCUT2D eigenvalue weighted by Crippen LogP contribution is -2.48. The normalized spacial score (nSPS) is 12.3. The molecule has 0 aliphatic rings. The molecule has 0 fully saturated rings. The van der Waals surface area contributed by atoms with Crippen molar-refractivity contribution in [2.24, 2.45) is 5.73 Å². The zero-order chi connectivity index (χ0) is 20.1. The van der Waals surface area contributed by atoms with Crippen molar-refractivity contribution < 1.29 is 24.5 Å². The molecule has 0 aliphatic carbocycles. The molecule has 2 aromatic carbocycles. The Hall–Kier alpha value is -2.35. The molecular weight excluding hydrogens is 394 g/mol. The van der Waals surface area contributed by atoms with Crippen LogP contribution in [0.1, 0.15) is 23.8 Å². The minimum absolute atomic E-state index is 0. The third-order valence-electron chi connectivity index (χ3n) is 4.61. The SMILES string of the molecule is Cc1ccc(-c2ccc(Oc3ccc(C(O)CC(N)(CO)CO)cc3)cc2)o1.Cl. The van der Waals surface area contributed by atoms with Gasteiger partial charge in [-0.2, -0.15) is 0 Å². The van der Waals surface area contributed by atoms with Gasteiger partial charge < -0.3 is 30.2 Å². The summed E-state index contributed by atoms with van der Waals surface area (Å²) in [7, 11) is 0. The first-order valence-electron chi connectivity index (χ1n) is 9.06. The number of ether oxygens (including phenoxy) is 1. The Labute approximate surface area is 176 Å². The number of aryl methyl sites for hydroxylation is 1. The molecule has 5 N–H and O–H groups in total. The lowest BCUT2D eigenvalue weighted by molar-refractivity contribution is 0.0618. The number of nitrogens with two attached hydrogens (primary N) is 1. The molecule has 3 rings (SSSR count). The Bertz CT molecular complexity index is 888.